The number of piperidine rings is 1. The van der Waals surface area contributed by atoms with Crippen molar-refractivity contribution >= 4 is 11.9 Å². The summed E-state index contributed by atoms with van der Waals surface area (Å²) in [5.41, 5.74) is 0.781. The third-order valence-corrected chi connectivity index (χ3v) is 5.14. The molecule has 0 aliphatic carbocycles. The summed E-state index contributed by atoms with van der Waals surface area (Å²) in [6.07, 6.45) is 1.97. The van der Waals surface area contributed by atoms with Crippen LogP contribution in [0.15, 0.2) is 42.5 Å². The lowest BCUT2D eigenvalue weighted by Gasteiger charge is -2.30. The molecular weight excluding hydrogens is 386 g/mol. The highest BCUT2D eigenvalue weighted by atomic mass is 16.6. The molecule has 1 amide bonds. The second-order valence-corrected chi connectivity index (χ2v) is 6.96. The third kappa shape index (κ3) is 4.50. The molecule has 0 radical (unpaired) electrons. The minimum atomic E-state index is -1.03. The predicted molar refractivity (Wildman–Crippen MR) is 111 cm³/mol. The van der Waals surface area contributed by atoms with Crippen molar-refractivity contribution in [3.8, 4) is 17.2 Å². The Balaban J connectivity index is 1.93. The van der Waals surface area contributed by atoms with E-state index in [0.29, 0.717) is 24.4 Å². The first kappa shape index (κ1) is 21.5. The Hall–Kier alpha value is -3.22. The van der Waals surface area contributed by atoms with Crippen LogP contribution >= 0.6 is 0 Å². The van der Waals surface area contributed by atoms with Gasteiger partial charge in [0, 0.05) is 18.7 Å². The summed E-state index contributed by atoms with van der Waals surface area (Å²) < 4.78 is 21.8. The summed E-state index contributed by atoms with van der Waals surface area (Å²) in [6.45, 7) is 1.33. The zero-order chi connectivity index (χ0) is 21.5. The molecule has 1 aliphatic heterocycles. The molecule has 1 atom stereocenters. The number of carbonyl (C=O) groups excluding carboxylic acids is 2. The number of rotatable bonds is 7. The molecular formula is C23H27NO6. The minimum absolute atomic E-state index is 0.155. The second kappa shape index (κ2) is 10.0. The van der Waals surface area contributed by atoms with Gasteiger partial charge in [-0.1, -0.05) is 30.3 Å². The average Bonchev–Trinajstić information content (AvgIpc) is 2.81. The maximum atomic E-state index is 13.2. The molecule has 0 unspecified atom stereocenters. The fraction of sp³-hybridized carbons (Fsp3) is 0.391. The van der Waals surface area contributed by atoms with Gasteiger partial charge in [-0.15, -0.1) is 0 Å². The maximum absolute atomic E-state index is 13.2. The van der Waals surface area contributed by atoms with Crippen molar-refractivity contribution in [2.45, 2.75) is 25.4 Å². The minimum Gasteiger partial charge on any atom is -0.493 e. The van der Waals surface area contributed by atoms with Crippen LogP contribution < -0.4 is 14.2 Å². The molecule has 3 rings (SSSR count). The van der Waals surface area contributed by atoms with Gasteiger partial charge >= 0.3 is 5.97 Å². The predicted octanol–water partition coefficient (Wildman–Crippen LogP) is 3.62. The standard InChI is InChI=1S/C23H27NO6/c1-27-18-13-12-17(20(28-2)21(18)29-3)23(26)30-19(16-10-6-4-7-11-16)22(25)24-14-8-5-9-15-24/h4,6-7,10-13,19H,5,8-9,14-15H2,1-3H3/t19-/m1/s1. The van der Waals surface area contributed by atoms with Crippen molar-refractivity contribution in [2.75, 3.05) is 34.4 Å². The van der Waals surface area contributed by atoms with Crippen LogP contribution in [-0.2, 0) is 9.53 Å². The van der Waals surface area contributed by atoms with E-state index < -0.39 is 12.1 Å². The number of likely N-dealkylation sites (tertiary alicyclic amines) is 1. The van der Waals surface area contributed by atoms with E-state index in [9.17, 15) is 9.59 Å². The SMILES string of the molecule is COc1ccc(C(=O)O[C@@H](C(=O)N2CCCCC2)c2ccccc2)c(OC)c1OC. The largest absolute Gasteiger partial charge is 0.493 e. The molecule has 1 aliphatic rings. The van der Waals surface area contributed by atoms with Crippen LogP contribution in [0.2, 0.25) is 0 Å². The van der Waals surface area contributed by atoms with Crippen molar-refractivity contribution in [1.29, 1.82) is 0 Å². The van der Waals surface area contributed by atoms with E-state index >= 15 is 0 Å². The Morgan fingerprint density at radius 2 is 1.50 bits per heavy atom. The number of hydrogen-bond acceptors (Lipinski definition) is 6. The Kier molecular flexibility index (Phi) is 7.17. The molecule has 1 fully saturated rings. The van der Waals surface area contributed by atoms with Crippen molar-refractivity contribution in [1.82, 2.24) is 4.90 Å². The van der Waals surface area contributed by atoms with Crippen molar-refractivity contribution in [3.63, 3.8) is 0 Å². The Labute approximate surface area is 176 Å². The lowest BCUT2D eigenvalue weighted by atomic mass is 10.1. The number of carbonyl (C=O) groups is 2. The number of ether oxygens (including phenoxy) is 4. The van der Waals surface area contributed by atoms with Crippen LogP contribution in [0.25, 0.3) is 0 Å². The Morgan fingerprint density at radius 3 is 2.10 bits per heavy atom. The van der Waals surface area contributed by atoms with E-state index in [-0.39, 0.29) is 23.0 Å². The monoisotopic (exact) mass is 413 g/mol. The van der Waals surface area contributed by atoms with Crippen molar-refractivity contribution in [3.05, 3.63) is 53.6 Å². The number of benzene rings is 2. The van der Waals surface area contributed by atoms with Crippen LogP contribution in [0.3, 0.4) is 0 Å². The molecule has 1 saturated heterocycles. The average molecular weight is 413 g/mol. The molecule has 2 aromatic rings. The Bertz CT molecular complexity index is 877. The quantitative estimate of drug-likeness (QED) is 0.646. The lowest BCUT2D eigenvalue weighted by molar-refractivity contribution is -0.142. The number of esters is 1. The first-order valence-corrected chi connectivity index (χ1v) is 9.94. The first-order valence-electron chi connectivity index (χ1n) is 9.94. The van der Waals surface area contributed by atoms with Gasteiger partial charge < -0.3 is 23.8 Å². The zero-order valence-corrected chi connectivity index (χ0v) is 17.6. The fourth-order valence-corrected chi connectivity index (χ4v) is 3.60. The van der Waals surface area contributed by atoms with Gasteiger partial charge in [0.25, 0.3) is 5.91 Å². The lowest BCUT2D eigenvalue weighted by Crippen LogP contribution is -2.40. The van der Waals surface area contributed by atoms with Gasteiger partial charge in [-0.3, -0.25) is 4.79 Å². The smallest absolute Gasteiger partial charge is 0.343 e. The van der Waals surface area contributed by atoms with Gasteiger partial charge in [0.1, 0.15) is 5.56 Å². The fourth-order valence-electron chi connectivity index (χ4n) is 3.60. The van der Waals surface area contributed by atoms with E-state index in [1.54, 1.807) is 23.1 Å². The molecule has 0 N–H and O–H groups in total. The summed E-state index contributed by atoms with van der Waals surface area (Å²) in [5, 5.41) is 0. The summed E-state index contributed by atoms with van der Waals surface area (Å²) in [4.78, 5) is 28.1. The van der Waals surface area contributed by atoms with E-state index in [1.807, 2.05) is 18.2 Å². The molecule has 30 heavy (non-hydrogen) atoms. The highest BCUT2D eigenvalue weighted by Gasteiger charge is 2.32. The molecule has 7 nitrogen and oxygen atoms in total. The molecule has 160 valence electrons. The van der Waals surface area contributed by atoms with Gasteiger partial charge in [0.05, 0.1) is 21.3 Å². The summed E-state index contributed by atoms with van der Waals surface area (Å²) in [5.74, 6) is 0.0164. The summed E-state index contributed by atoms with van der Waals surface area (Å²) in [6, 6.07) is 12.2. The molecule has 2 aromatic carbocycles. The number of nitrogens with zero attached hydrogens (tertiary/aromatic N) is 1. The van der Waals surface area contributed by atoms with Crippen molar-refractivity contribution in [2.24, 2.45) is 0 Å². The number of hydrogen-bond donors (Lipinski definition) is 0. The molecule has 7 heteroatoms. The molecule has 1 heterocycles. The van der Waals surface area contributed by atoms with Crippen LogP contribution in [0.4, 0.5) is 0 Å². The summed E-state index contributed by atoms with van der Waals surface area (Å²) in [7, 11) is 4.39. The normalized spacial score (nSPS) is 14.6. The van der Waals surface area contributed by atoms with E-state index in [0.717, 1.165) is 19.3 Å². The maximum Gasteiger partial charge on any atom is 0.343 e. The van der Waals surface area contributed by atoms with Gasteiger partial charge in [0.2, 0.25) is 11.9 Å². The molecule has 0 aromatic heterocycles. The Morgan fingerprint density at radius 1 is 0.833 bits per heavy atom. The molecule has 0 bridgehead atoms. The third-order valence-electron chi connectivity index (χ3n) is 5.14. The zero-order valence-electron chi connectivity index (χ0n) is 17.6. The molecule has 0 saturated carbocycles. The highest BCUT2D eigenvalue weighted by molar-refractivity contribution is 5.96. The van der Waals surface area contributed by atoms with Crippen LogP contribution in [-0.4, -0.2) is 51.2 Å². The van der Waals surface area contributed by atoms with Crippen LogP contribution in [0.1, 0.15) is 41.3 Å². The second-order valence-electron chi connectivity index (χ2n) is 6.96. The van der Waals surface area contributed by atoms with Gasteiger partial charge in [-0.25, -0.2) is 4.79 Å². The number of amides is 1. The van der Waals surface area contributed by atoms with Crippen LogP contribution in [0.5, 0.6) is 17.2 Å². The topological polar surface area (TPSA) is 74.3 Å². The summed E-state index contributed by atoms with van der Waals surface area (Å²) >= 11 is 0. The van der Waals surface area contributed by atoms with E-state index in [1.165, 1.54) is 27.4 Å². The van der Waals surface area contributed by atoms with Gasteiger partial charge in [-0.2, -0.15) is 0 Å². The molecule has 0 spiro atoms. The van der Waals surface area contributed by atoms with Crippen LogP contribution in [0, 0.1) is 0 Å². The van der Waals surface area contributed by atoms with Crippen molar-refractivity contribution < 1.29 is 28.5 Å². The van der Waals surface area contributed by atoms with Gasteiger partial charge in [-0.05, 0) is 31.4 Å². The van der Waals surface area contributed by atoms with E-state index in [4.69, 9.17) is 18.9 Å². The number of methoxy groups -OCH3 is 3. The van der Waals surface area contributed by atoms with E-state index in [2.05, 4.69) is 0 Å². The highest BCUT2D eigenvalue weighted by Crippen LogP contribution is 2.40. The van der Waals surface area contributed by atoms with Gasteiger partial charge in [0.15, 0.2) is 11.5 Å². The first-order chi connectivity index (χ1) is 14.6.